The van der Waals surface area contributed by atoms with Crippen molar-refractivity contribution in [2.45, 2.75) is 19.5 Å². The Morgan fingerprint density at radius 1 is 1.24 bits per heavy atom. The molecule has 0 bridgehead atoms. The third-order valence-electron chi connectivity index (χ3n) is 2.56. The molecule has 2 aromatic rings. The molecule has 0 spiro atoms. The second kappa shape index (κ2) is 5.87. The quantitative estimate of drug-likeness (QED) is 0.842. The third kappa shape index (κ3) is 3.71. The minimum atomic E-state index is 0.273. The Kier molecular flexibility index (Phi) is 4.46. The Hall–Kier alpha value is -0.540. The SMILES string of the molecule is C[C@@H](NCc1ccc(Cl)s1)c1cccc(Cl)c1. The molecule has 0 saturated heterocycles. The van der Waals surface area contributed by atoms with Crippen LogP contribution in [0.5, 0.6) is 0 Å². The maximum absolute atomic E-state index is 5.97. The predicted molar refractivity (Wildman–Crippen MR) is 76.0 cm³/mol. The van der Waals surface area contributed by atoms with E-state index in [0.29, 0.717) is 0 Å². The first-order valence-corrected chi connectivity index (χ1v) is 6.95. The minimum Gasteiger partial charge on any atom is -0.305 e. The van der Waals surface area contributed by atoms with E-state index >= 15 is 0 Å². The standard InChI is InChI=1S/C13H13Cl2NS/c1-9(10-3-2-4-11(14)7-10)16-8-12-5-6-13(15)17-12/h2-7,9,16H,8H2,1H3/t9-/m1/s1. The Morgan fingerprint density at radius 3 is 2.71 bits per heavy atom. The van der Waals surface area contributed by atoms with Gasteiger partial charge in [-0.25, -0.2) is 0 Å². The molecule has 1 atom stereocenters. The lowest BCUT2D eigenvalue weighted by Crippen LogP contribution is -2.17. The Morgan fingerprint density at radius 2 is 2.06 bits per heavy atom. The van der Waals surface area contributed by atoms with Crippen LogP contribution < -0.4 is 5.32 Å². The van der Waals surface area contributed by atoms with E-state index in [0.717, 1.165) is 15.9 Å². The molecule has 0 amide bonds. The summed E-state index contributed by atoms with van der Waals surface area (Å²) in [5, 5.41) is 4.22. The number of thiophene rings is 1. The van der Waals surface area contributed by atoms with Crippen LogP contribution in [0, 0.1) is 0 Å². The monoisotopic (exact) mass is 285 g/mol. The highest BCUT2D eigenvalue weighted by atomic mass is 35.5. The van der Waals surface area contributed by atoms with Gasteiger partial charge in [-0.3, -0.25) is 0 Å². The summed E-state index contributed by atoms with van der Waals surface area (Å²) in [6.07, 6.45) is 0. The van der Waals surface area contributed by atoms with Gasteiger partial charge in [-0.15, -0.1) is 11.3 Å². The molecule has 2 rings (SSSR count). The molecule has 0 fully saturated rings. The summed E-state index contributed by atoms with van der Waals surface area (Å²) in [5.41, 5.74) is 1.19. The first-order chi connectivity index (χ1) is 8.15. The smallest absolute Gasteiger partial charge is 0.0931 e. The van der Waals surface area contributed by atoms with Crippen molar-refractivity contribution in [1.82, 2.24) is 5.32 Å². The van der Waals surface area contributed by atoms with Gasteiger partial charge < -0.3 is 5.32 Å². The molecule has 1 nitrogen and oxygen atoms in total. The van der Waals surface area contributed by atoms with E-state index in [1.165, 1.54) is 10.4 Å². The average Bonchev–Trinajstić information content (AvgIpc) is 2.72. The van der Waals surface area contributed by atoms with Crippen molar-refractivity contribution < 1.29 is 0 Å². The molecule has 0 aliphatic carbocycles. The van der Waals surface area contributed by atoms with Gasteiger partial charge in [0, 0.05) is 22.5 Å². The maximum atomic E-state index is 5.97. The number of hydrogen-bond acceptors (Lipinski definition) is 2. The van der Waals surface area contributed by atoms with Gasteiger partial charge in [0.2, 0.25) is 0 Å². The summed E-state index contributed by atoms with van der Waals surface area (Å²) in [7, 11) is 0. The first kappa shape index (κ1) is 12.9. The number of benzene rings is 1. The maximum Gasteiger partial charge on any atom is 0.0931 e. The lowest BCUT2D eigenvalue weighted by atomic mass is 10.1. The molecule has 0 radical (unpaired) electrons. The highest BCUT2D eigenvalue weighted by molar-refractivity contribution is 7.16. The van der Waals surface area contributed by atoms with Gasteiger partial charge in [-0.05, 0) is 36.8 Å². The largest absolute Gasteiger partial charge is 0.305 e. The van der Waals surface area contributed by atoms with Crippen LogP contribution in [-0.4, -0.2) is 0 Å². The zero-order valence-corrected chi connectivity index (χ0v) is 11.7. The Balaban J connectivity index is 1.95. The molecule has 17 heavy (non-hydrogen) atoms. The zero-order valence-electron chi connectivity index (χ0n) is 9.41. The summed E-state index contributed by atoms with van der Waals surface area (Å²) in [6.45, 7) is 2.95. The van der Waals surface area contributed by atoms with E-state index in [4.69, 9.17) is 23.2 Å². The van der Waals surface area contributed by atoms with Crippen LogP contribution in [0.15, 0.2) is 36.4 Å². The van der Waals surface area contributed by atoms with E-state index in [9.17, 15) is 0 Å². The van der Waals surface area contributed by atoms with Gasteiger partial charge in [0.15, 0.2) is 0 Å². The van der Waals surface area contributed by atoms with Crippen LogP contribution in [0.1, 0.15) is 23.4 Å². The van der Waals surface area contributed by atoms with E-state index in [2.05, 4.69) is 18.3 Å². The van der Waals surface area contributed by atoms with E-state index in [1.807, 2.05) is 30.3 Å². The second-order valence-electron chi connectivity index (χ2n) is 3.86. The number of hydrogen-bond donors (Lipinski definition) is 1. The predicted octanol–water partition coefficient (Wildman–Crippen LogP) is 4.91. The fourth-order valence-corrected chi connectivity index (χ4v) is 2.83. The normalized spacial score (nSPS) is 12.6. The molecule has 0 aliphatic heterocycles. The van der Waals surface area contributed by atoms with Crippen LogP contribution in [0.4, 0.5) is 0 Å². The lowest BCUT2D eigenvalue weighted by molar-refractivity contribution is 0.579. The molecule has 1 N–H and O–H groups in total. The average molecular weight is 286 g/mol. The van der Waals surface area contributed by atoms with E-state index in [1.54, 1.807) is 11.3 Å². The van der Waals surface area contributed by atoms with E-state index in [-0.39, 0.29) is 6.04 Å². The van der Waals surface area contributed by atoms with Gasteiger partial charge >= 0.3 is 0 Å². The van der Waals surface area contributed by atoms with Gasteiger partial charge in [0.25, 0.3) is 0 Å². The van der Waals surface area contributed by atoms with Crippen molar-refractivity contribution in [1.29, 1.82) is 0 Å². The molecule has 1 aromatic heterocycles. The van der Waals surface area contributed by atoms with Crippen molar-refractivity contribution in [3.8, 4) is 0 Å². The van der Waals surface area contributed by atoms with Crippen LogP contribution in [0.3, 0.4) is 0 Å². The molecular formula is C13H13Cl2NS. The summed E-state index contributed by atoms with van der Waals surface area (Å²) in [5.74, 6) is 0. The molecule has 90 valence electrons. The Labute approximate surface area is 115 Å². The van der Waals surface area contributed by atoms with Crippen molar-refractivity contribution >= 4 is 34.5 Å². The zero-order chi connectivity index (χ0) is 12.3. The van der Waals surface area contributed by atoms with Crippen molar-refractivity contribution in [2.75, 3.05) is 0 Å². The van der Waals surface area contributed by atoms with Crippen molar-refractivity contribution in [3.05, 3.63) is 56.2 Å². The highest BCUT2D eigenvalue weighted by Gasteiger charge is 2.06. The molecule has 4 heteroatoms. The highest BCUT2D eigenvalue weighted by Crippen LogP contribution is 2.22. The van der Waals surface area contributed by atoms with Crippen molar-refractivity contribution in [3.63, 3.8) is 0 Å². The molecular weight excluding hydrogens is 273 g/mol. The molecule has 1 aromatic carbocycles. The molecule has 1 heterocycles. The molecule has 0 aliphatic rings. The second-order valence-corrected chi connectivity index (χ2v) is 6.10. The minimum absolute atomic E-state index is 0.273. The van der Waals surface area contributed by atoms with Gasteiger partial charge in [-0.2, -0.15) is 0 Å². The topological polar surface area (TPSA) is 12.0 Å². The summed E-state index contributed by atoms with van der Waals surface area (Å²) in [6, 6.07) is 12.2. The number of nitrogens with one attached hydrogen (secondary N) is 1. The van der Waals surface area contributed by atoms with Crippen LogP contribution in [-0.2, 0) is 6.54 Å². The lowest BCUT2D eigenvalue weighted by Gasteiger charge is -2.13. The third-order valence-corrected chi connectivity index (χ3v) is 4.03. The van der Waals surface area contributed by atoms with Crippen LogP contribution in [0.2, 0.25) is 9.36 Å². The number of rotatable bonds is 4. The van der Waals surface area contributed by atoms with Gasteiger partial charge in [0.05, 0.1) is 4.34 Å². The summed E-state index contributed by atoms with van der Waals surface area (Å²) in [4.78, 5) is 1.24. The van der Waals surface area contributed by atoms with Gasteiger partial charge in [-0.1, -0.05) is 35.3 Å². The summed E-state index contributed by atoms with van der Waals surface area (Å²) >= 11 is 13.5. The molecule has 0 unspecified atom stereocenters. The molecule has 0 saturated carbocycles. The van der Waals surface area contributed by atoms with Crippen LogP contribution in [0.25, 0.3) is 0 Å². The fourth-order valence-electron chi connectivity index (χ4n) is 1.59. The van der Waals surface area contributed by atoms with Crippen LogP contribution >= 0.6 is 34.5 Å². The number of halogens is 2. The van der Waals surface area contributed by atoms with Gasteiger partial charge in [0.1, 0.15) is 0 Å². The fraction of sp³-hybridized carbons (Fsp3) is 0.231. The van der Waals surface area contributed by atoms with E-state index < -0.39 is 0 Å². The van der Waals surface area contributed by atoms with Crippen molar-refractivity contribution in [2.24, 2.45) is 0 Å². The Bertz CT molecular complexity index is 496. The summed E-state index contributed by atoms with van der Waals surface area (Å²) < 4.78 is 0.831. The first-order valence-electron chi connectivity index (χ1n) is 5.38.